The van der Waals surface area contributed by atoms with Gasteiger partial charge < -0.3 is 22.1 Å². The molecule has 1 aromatic carbocycles. The summed E-state index contributed by atoms with van der Waals surface area (Å²) < 4.78 is 15.4. The van der Waals surface area contributed by atoms with Crippen molar-refractivity contribution in [3.63, 3.8) is 0 Å². The fourth-order valence-corrected chi connectivity index (χ4v) is 3.35. The highest BCUT2D eigenvalue weighted by Crippen LogP contribution is 2.30. The minimum atomic E-state index is -0.691. The molecule has 2 aromatic rings. The number of hydrogen-bond donors (Lipinski definition) is 4. The van der Waals surface area contributed by atoms with Crippen molar-refractivity contribution >= 4 is 29.1 Å². The van der Waals surface area contributed by atoms with E-state index < -0.39 is 17.6 Å². The van der Waals surface area contributed by atoms with Gasteiger partial charge in [-0.3, -0.25) is 9.59 Å². The molecule has 7 nitrogen and oxygen atoms in total. The van der Waals surface area contributed by atoms with Crippen LogP contribution in [-0.2, 0) is 4.79 Å². The van der Waals surface area contributed by atoms with Gasteiger partial charge in [-0.15, -0.1) is 0 Å². The number of nitrogen functional groups attached to an aromatic ring is 1. The molecule has 0 radical (unpaired) electrons. The number of pyridine rings is 1. The Morgan fingerprint density at radius 2 is 2.00 bits per heavy atom. The van der Waals surface area contributed by atoms with Crippen LogP contribution in [0.15, 0.2) is 30.5 Å². The number of nitrogens with one attached hydrogen (secondary N) is 2. The molecule has 9 heteroatoms. The Balaban J connectivity index is 2.25. The number of nitrogens with zero attached hydrogens (tertiary/aromatic N) is 1. The van der Waals surface area contributed by atoms with Gasteiger partial charge in [-0.1, -0.05) is 24.6 Å². The van der Waals surface area contributed by atoms with Crippen LogP contribution in [0.5, 0.6) is 0 Å². The summed E-state index contributed by atoms with van der Waals surface area (Å²) in [5.74, 6) is -1.15. The van der Waals surface area contributed by atoms with E-state index in [0.29, 0.717) is 25.1 Å². The number of nitrogens with two attached hydrogens (primary N) is 2. The normalized spacial score (nSPS) is 13.0. The molecule has 2 rings (SSSR count). The van der Waals surface area contributed by atoms with Crippen LogP contribution in [0.2, 0.25) is 5.02 Å². The van der Waals surface area contributed by atoms with Crippen LogP contribution in [0.4, 0.5) is 10.2 Å². The SMILES string of the molecule is CC[C@@H](NC(C)CC(=O)NCCN)c1ccc(Cl)c(C(=O)c2ccc(N)nc2)c1F. The highest BCUT2D eigenvalue weighted by molar-refractivity contribution is 6.35. The van der Waals surface area contributed by atoms with Crippen LogP contribution in [0, 0.1) is 5.82 Å². The van der Waals surface area contributed by atoms with E-state index in [0.717, 1.165) is 0 Å². The number of ketones is 1. The fourth-order valence-electron chi connectivity index (χ4n) is 3.12. The van der Waals surface area contributed by atoms with Crippen LogP contribution in [0.25, 0.3) is 0 Å². The van der Waals surface area contributed by atoms with Gasteiger partial charge in [0, 0.05) is 48.9 Å². The Morgan fingerprint density at radius 3 is 2.60 bits per heavy atom. The predicted molar refractivity (Wildman–Crippen MR) is 116 cm³/mol. The summed E-state index contributed by atoms with van der Waals surface area (Å²) in [5.41, 5.74) is 11.2. The smallest absolute Gasteiger partial charge is 0.221 e. The number of halogens is 2. The topological polar surface area (TPSA) is 123 Å². The standard InChI is InChI=1S/C21H27ClFN5O2/c1-3-16(28-12(2)10-18(29)26-9-8-24)14-5-6-15(22)19(20(14)23)21(30)13-4-7-17(25)27-11-13/h4-7,11-12,16,28H,3,8-10,24H2,1-2H3,(H2,25,27)(H,26,29)/t12?,16-/m1/s1. The van der Waals surface area contributed by atoms with Gasteiger partial charge in [0.15, 0.2) is 5.78 Å². The molecule has 2 atom stereocenters. The summed E-state index contributed by atoms with van der Waals surface area (Å²) in [5, 5.41) is 5.97. The van der Waals surface area contributed by atoms with Gasteiger partial charge in [0.1, 0.15) is 11.6 Å². The van der Waals surface area contributed by atoms with E-state index in [2.05, 4.69) is 15.6 Å². The number of benzene rings is 1. The first-order chi connectivity index (χ1) is 14.3. The minimum Gasteiger partial charge on any atom is -0.384 e. The third-order valence-corrected chi connectivity index (χ3v) is 4.94. The Hall–Kier alpha value is -2.55. The van der Waals surface area contributed by atoms with E-state index in [4.69, 9.17) is 23.1 Å². The zero-order valence-corrected chi connectivity index (χ0v) is 17.8. The van der Waals surface area contributed by atoms with Gasteiger partial charge in [-0.05, 0) is 31.5 Å². The van der Waals surface area contributed by atoms with Crippen molar-refractivity contribution in [2.75, 3.05) is 18.8 Å². The maximum Gasteiger partial charge on any atom is 0.221 e. The molecule has 0 aliphatic heterocycles. The number of amides is 1. The van der Waals surface area contributed by atoms with E-state index in [-0.39, 0.29) is 40.3 Å². The van der Waals surface area contributed by atoms with Gasteiger partial charge in [0.2, 0.25) is 5.91 Å². The molecule has 0 saturated heterocycles. The van der Waals surface area contributed by atoms with Crippen LogP contribution in [-0.4, -0.2) is 35.8 Å². The number of hydrogen-bond acceptors (Lipinski definition) is 6. The lowest BCUT2D eigenvalue weighted by molar-refractivity contribution is -0.121. The predicted octanol–water partition coefficient (Wildman–Crippen LogP) is 2.58. The molecule has 6 N–H and O–H groups in total. The number of anilines is 1. The summed E-state index contributed by atoms with van der Waals surface area (Å²) in [4.78, 5) is 28.6. The second kappa shape index (κ2) is 11.0. The molecule has 0 aliphatic carbocycles. The van der Waals surface area contributed by atoms with Gasteiger partial charge in [-0.2, -0.15) is 0 Å². The molecule has 1 unspecified atom stereocenters. The molecule has 0 saturated carbocycles. The Kier molecular flexibility index (Phi) is 8.71. The van der Waals surface area contributed by atoms with E-state index in [9.17, 15) is 9.59 Å². The lowest BCUT2D eigenvalue weighted by atomic mass is 9.96. The Bertz CT molecular complexity index is 892. The van der Waals surface area contributed by atoms with E-state index in [1.165, 1.54) is 24.4 Å². The van der Waals surface area contributed by atoms with Crippen LogP contribution < -0.4 is 22.1 Å². The molecule has 162 valence electrons. The minimum absolute atomic E-state index is 0.0159. The van der Waals surface area contributed by atoms with Crippen LogP contribution >= 0.6 is 11.6 Å². The largest absolute Gasteiger partial charge is 0.384 e. The quantitative estimate of drug-likeness (QED) is 0.425. The van der Waals surface area contributed by atoms with Gasteiger partial charge in [0.25, 0.3) is 0 Å². The average Bonchev–Trinajstić information content (AvgIpc) is 2.71. The summed E-state index contributed by atoms with van der Waals surface area (Å²) in [6, 6.07) is 5.37. The zero-order chi connectivity index (χ0) is 22.3. The summed E-state index contributed by atoms with van der Waals surface area (Å²) in [6.07, 6.45) is 2.05. The van der Waals surface area contributed by atoms with Crippen molar-refractivity contribution in [3.05, 3.63) is 58.0 Å². The van der Waals surface area contributed by atoms with Crippen molar-refractivity contribution in [1.82, 2.24) is 15.6 Å². The molecular formula is C21H27ClFN5O2. The van der Waals surface area contributed by atoms with Crippen LogP contribution in [0.3, 0.4) is 0 Å². The molecule has 1 heterocycles. The zero-order valence-electron chi connectivity index (χ0n) is 17.0. The highest BCUT2D eigenvalue weighted by Gasteiger charge is 2.25. The first kappa shape index (κ1) is 23.7. The third kappa shape index (κ3) is 5.98. The number of rotatable bonds is 10. The number of carbonyl (C=O) groups excluding carboxylic acids is 2. The number of aromatic nitrogens is 1. The van der Waals surface area contributed by atoms with E-state index >= 15 is 4.39 Å². The molecule has 30 heavy (non-hydrogen) atoms. The molecule has 0 aliphatic rings. The second-order valence-corrected chi connectivity index (χ2v) is 7.40. The summed E-state index contributed by atoms with van der Waals surface area (Å²) in [6.45, 7) is 4.49. The molecule has 0 fully saturated rings. The van der Waals surface area contributed by atoms with Crippen molar-refractivity contribution in [2.45, 2.75) is 38.8 Å². The molecule has 0 spiro atoms. The van der Waals surface area contributed by atoms with Crippen molar-refractivity contribution in [2.24, 2.45) is 5.73 Å². The Labute approximate surface area is 180 Å². The summed E-state index contributed by atoms with van der Waals surface area (Å²) in [7, 11) is 0. The third-order valence-electron chi connectivity index (χ3n) is 4.62. The molecule has 1 amide bonds. The molecule has 0 bridgehead atoms. The maximum atomic E-state index is 15.4. The first-order valence-electron chi connectivity index (χ1n) is 9.75. The molecular weight excluding hydrogens is 409 g/mol. The average molecular weight is 436 g/mol. The van der Waals surface area contributed by atoms with Crippen molar-refractivity contribution < 1.29 is 14.0 Å². The monoisotopic (exact) mass is 435 g/mol. The highest BCUT2D eigenvalue weighted by atomic mass is 35.5. The number of carbonyl (C=O) groups is 2. The lowest BCUT2D eigenvalue weighted by Crippen LogP contribution is -2.37. The fraction of sp³-hybridized carbons (Fsp3) is 0.381. The van der Waals surface area contributed by atoms with Gasteiger partial charge >= 0.3 is 0 Å². The Morgan fingerprint density at radius 1 is 1.27 bits per heavy atom. The van der Waals surface area contributed by atoms with E-state index in [1.54, 1.807) is 6.07 Å². The van der Waals surface area contributed by atoms with Gasteiger partial charge in [-0.25, -0.2) is 9.37 Å². The second-order valence-electron chi connectivity index (χ2n) is 7.00. The summed E-state index contributed by atoms with van der Waals surface area (Å²) >= 11 is 6.16. The maximum absolute atomic E-state index is 15.4. The van der Waals surface area contributed by atoms with Gasteiger partial charge in [0.05, 0.1) is 10.6 Å². The van der Waals surface area contributed by atoms with E-state index in [1.807, 2.05) is 13.8 Å². The lowest BCUT2D eigenvalue weighted by Gasteiger charge is -2.24. The van der Waals surface area contributed by atoms with Crippen molar-refractivity contribution in [3.8, 4) is 0 Å². The van der Waals surface area contributed by atoms with Crippen LogP contribution in [0.1, 0.15) is 54.2 Å². The molecule has 1 aromatic heterocycles. The first-order valence-corrected chi connectivity index (χ1v) is 10.1. The van der Waals surface area contributed by atoms with Crippen molar-refractivity contribution in [1.29, 1.82) is 0 Å².